The predicted molar refractivity (Wildman–Crippen MR) is 53.5 cm³/mol. The van der Waals surface area contributed by atoms with E-state index in [1.807, 2.05) is 0 Å². The van der Waals surface area contributed by atoms with Crippen LogP contribution in [0.25, 0.3) is 0 Å². The molecule has 1 heterocycles. The van der Waals surface area contributed by atoms with Crippen molar-refractivity contribution in [2.75, 3.05) is 13.7 Å². The largest absolute Gasteiger partial charge is 0.466 e. The Morgan fingerprint density at radius 1 is 1.50 bits per heavy atom. The van der Waals surface area contributed by atoms with Gasteiger partial charge in [0.15, 0.2) is 0 Å². The van der Waals surface area contributed by atoms with Crippen LogP contribution in [-0.2, 0) is 20.9 Å². The van der Waals surface area contributed by atoms with Crippen molar-refractivity contribution in [3.63, 3.8) is 0 Å². The van der Waals surface area contributed by atoms with E-state index in [0.29, 0.717) is 5.76 Å². The number of methoxy groups -OCH3 is 1. The number of ether oxygens (including phenoxy) is 2. The average molecular weight is 227 g/mol. The van der Waals surface area contributed by atoms with Crippen molar-refractivity contribution >= 4 is 12.1 Å². The number of amides is 1. The summed E-state index contributed by atoms with van der Waals surface area (Å²) in [5.74, 6) is 0.169. The molecule has 88 valence electrons. The molecular weight excluding hydrogens is 214 g/mol. The van der Waals surface area contributed by atoms with Crippen LogP contribution >= 0.6 is 0 Å². The van der Waals surface area contributed by atoms with Gasteiger partial charge >= 0.3 is 12.1 Å². The van der Waals surface area contributed by atoms with Crippen molar-refractivity contribution in [3.05, 3.63) is 24.2 Å². The Morgan fingerprint density at radius 2 is 2.31 bits per heavy atom. The van der Waals surface area contributed by atoms with E-state index in [1.165, 1.54) is 13.4 Å². The summed E-state index contributed by atoms with van der Waals surface area (Å²) in [4.78, 5) is 21.8. The number of carbonyl (C=O) groups is 2. The van der Waals surface area contributed by atoms with Gasteiger partial charge in [0.05, 0.1) is 19.8 Å². The first kappa shape index (κ1) is 12.1. The average Bonchev–Trinajstić information content (AvgIpc) is 2.79. The van der Waals surface area contributed by atoms with Gasteiger partial charge in [0.2, 0.25) is 0 Å². The molecule has 0 bridgehead atoms. The molecule has 0 spiro atoms. The lowest BCUT2D eigenvalue weighted by Crippen LogP contribution is -2.26. The van der Waals surface area contributed by atoms with Crippen LogP contribution in [0.15, 0.2) is 22.8 Å². The van der Waals surface area contributed by atoms with Gasteiger partial charge in [-0.2, -0.15) is 0 Å². The fourth-order valence-electron chi connectivity index (χ4n) is 0.957. The molecule has 1 aromatic heterocycles. The molecule has 0 aliphatic heterocycles. The molecule has 6 nitrogen and oxygen atoms in total. The van der Waals surface area contributed by atoms with Crippen LogP contribution in [0.1, 0.15) is 12.2 Å². The fourth-order valence-corrected chi connectivity index (χ4v) is 0.957. The molecule has 0 fully saturated rings. The second-order valence-corrected chi connectivity index (χ2v) is 2.91. The smallest absolute Gasteiger partial charge is 0.406 e. The van der Waals surface area contributed by atoms with Crippen LogP contribution in [0.3, 0.4) is 0 Å². The minimum atomic E-state index is -0.571. The lowest BCUT2D eigenvalue weighted by Gasteiger charge is -2.04. The Hall–Kier alpha value is -1.98. The molecule has 0 unspecified atom stereocenters. The minimum Gasteiger partial charge on any atom is -0.466 e. The first-order valence-electron chi connectivity index (χ1n) is 4.72. The van der Waals surface area contributed by atoms with Gasteiger partial charge in [-0.1, -0.05) is 0 Å². The standard InChI is InChI=1S/C10H13NO5/c1-14-10(13)11-5-4-9(12)16-7-8-3-2-6-15-8/h2-3,6H,4-5,7H2,1H3,(H,11,13). The van der Waals surface area contributed by atoms with Gasteiger partial charge in [-0.05, 0) is 12.1 Å². The molecule has 0 aliphatic carbocycles. The van der Waals surface area contributed by atoms with Crippen molar-refractivity contribution in [1.82, 2.24) is 5.32 Å². The van der Waals surface area contributed by atoms with Crippen molar-refractivity contribution < 1.29 is 23.5 Å². The summed E-state index contributed by atoms with van der Waals surface area (Å²) in [5, 5.41) is 2.37. The van der Waals surface area contributed by atoms with Crippen molar-refractivity contribution in [1.29, 1.82) is 0 Å². The maximum absolute atomic E-state index is 11.2. The predicted octanol–water partition coefficient (Wildman–Crippen LogP) is 1.07. The summed E-state index contributed by atoms with van der Waals surface area (Å²) in [6.07, 6.45) is 1.02. The summed E-state index contributed by atoms with van der Waals surface area (Å²) in [6, 6.07) is 3.42. The van der Waals surface area contributed by atoms with Crippen LogP contribution in [0.5, 0.6) is 0 Å². The molecule has 1 rings (SSSR count). The zero-order chi connectivity index (χ0) is 11.8. The first-order chi connectivity index (χ1) is 7.72. The summed E-state index contributed by atoms with van der Waals surface area (Å²) in [6.45, 7) is 0.285. The van der Waals surface area contributed by atoms with Crippen molar-refractivity contribution in [2.24, 2.45) is 0 Å². The monoisotopic (exact) mass is 227 g/mol. The van der Waals surface area contributed by atoms with Crippen molar-refractivity contribution in [3.8, 4) is 0 Å². The highest BCUT2D eigenvalue weighted by molar-refractivity contribution is 5.71. The number of esters is 1. The van der Waals surface area contributed by atoms with Crippen LogP contribution in [-0.4, -0.2) is 25.7 Å². The summed E-state index contributed by atoms with van der Waals surface area (Å²) in [7, 11) is 1.25. The zero-order valence-corrected chi connectivity index (χ0v) is 8.89. The third-order valence-electron chi connectivity index (χ3n) is 1.74. The van der Waals surface area contributed by atoms with Crippen LogP contribution in [0.4, 0.5) is 4.79 Å². The highest BCUT2D eigenvalue weighted by Gasteiger charge is 2.05. The topological polar surface area (TPSA) is 77.8 Å². The molecule has 0 saturated heterocycles. The van der Waals surface area contributed by atoms with Gasteiger partial charge < -0.3 is 19.2 Å². The summed E-state index contributed by atoms with van der Waals surface area (Å²) < 4.78 is 14.2. The molecular formula is C10H13NO5. The van der Waals surface area contributed by atoms with Crippen LogP contribution < -0.4 is 5.32 Å². The van der Waals surface area contributed by atoms with E-state index < -0.39 is 12.1 Å². The number of hydrogen-bond donors (Lipinski definition) is 1. The quantitative estimate of drug-likeness (QED) is 0.761. The van der Waals surface area contributed by atoms with E-state index in [0.717, 1.165) is 0 Å². The van der Waals surface area contributed by atoms with Gasteiger partial charge in [0.25, 0.3) is 0 Å². The first-order valence-corrected chi connectivity index (χ1v) is 4.72. The molecule has 0 atom stereocenters. The second kappa shape index (κ2) is 6.49. The number of alkyl carbamates (subject to hydrolysis) is 1. The number of nitrogens with one attached hydrogen (secondary N) is 1. The maximum Gasteiger partial charge on any atom is 0.406 e. The van der Waals surface area contributed by atoms with E-state index in [1.54, 1.807) is 12.1 Å². The normalized spacial score (nSPS) is 9.56. The highest BCUT2D eigenvalue weighted by atomic mass is 16.5. The van der Waals surface area contributed by atoms with E-state index in [2.05, 4.69) is 10.1 Å². The molecule has 0 saturated carbocycles. The SMILES string of the molecule is COC(=O)NCCC(=O)OCc1ccco1. The molecule has 0 aromatic carbocycles. The highest BCUT2D eigenvalue weighted by Crippen LogP contribution is 2.02. The van der Waals surface area contributed by atoms with Gasteiger partial charge in [0.1, 0.15) is 12.4 Å². The van der Waals surface area contributed by atoms with E-state index in [-0.39, 0.29) is 19.6 Å². The summed E-state index contributed by atoms with van der Waals surface area (Å²) >= 11 is 0. The Labute approximate surface area is 92.5 Å². The maximum atomic E-state index is 11.2. The number of hydrogen-bond acceptors (Lipinski definition) is 5. The van der Waals surface area contributed by atoms with Gasteiger partial charge in [-0.15, -0.1) is 0 Å². The Bertz CT molecular complexity index is 333. The van der Waals surface area contributed by atoms with Gasteiger partial charge in [-0.3, -0.25) is 4.79 Å². The van der Waals surface area contributed by atoms with Gasteiger partial charge in [0, 0.05) is 6.54 Å². The van der Waals surface area contributed by atoms with Gasteiger partial charge in [-0.25, -0.2) is 4.79 Å². The van der Waals surface area contributed by atoms with E-state index in [4.69, 9.17) is 9.15 Å². The Balaban J connectivity index is 2.09. The second-order valence-electron chi connectivity index (χ2n) is 2.91. The molecule has 6 heteroatoms. The minimum absolute atomic E-state index is 0.0931. The molecule has 1 N–H and O–H groups in total. The van der Waals surface area contributed by atoms with E-state index >= 15 is 0 Å². The molecule has 0 aliphatic rings. The van der Waals surface area contributed by atoms with Crippen molar-refractivity contribution in [2.45, 2.75) is 13.0 Å². The lowest BCUT2D eigenvalue weighted by molar-refractivity contribution is -0.145. The molecule has 1 amide bonds. The number of rotatable bonds is 5. The molecule has 0 radical (unpaired) electrons. The van der Waals surface area contributed by atoms with Crippen LogP contribution in [0, 0.1) is 0 Å². The lowest BCUT2D eigenvalue weighted by atomic mass is 10.4. The molecule has 16 heavy (non-hydrogen) atoms. The Morgan fingerprint density at radius 3 is 2.94 bits per heavy atom. The number of carbonyl (C=O) groups excluding carboxylic acids is 2. The van der Waals surface area contributed by atoms with Crippen LogP contribution in [0.2, 0.25) is 0 Å². The third-order valence-corrected chi connectivity index (χ3v) is 1.74. The third kappa shape index (κ3) is 4.50. The van der Waals surface area contributed by atoms with E-state index in [9.17, 15) is 9.59 Å². The molecule has 1 aromatic rings. The fraction of sp³-hybridized carbons (Fsp3) is 0.400. The zero-order valence-electron chi connectivity index (χ0n) is 8.89. The summed E-state index contributed by atoms with van der Waals surface area (Å²) in [5.41, 5.74) is 0. The Kier molecular flexibility index (Phi) is 4.91. The number of furan rings is 1.